The standard InChI is InChI=1S/C27H29F3/c28-25-16-10-21(17-27(25)30)9-13-23-14-15-24(18-26(23)29)22-11-7-20(8-12-22)6-5-19-3-1-2-4-19/h10,14-20,22H,1-8,11-12H2. The van der Waals surface area contributed by atoms with Crippen molar-refractivity contribution in [3.05, 3.63) is 70.5 Å². The molecule has 2 aromatic carbocycles. The second kappa shape index (κ2) is 9.73. The molecule has 0 N–H and O–H groups in total. The molecule has 0 nitrogen and oxygen atoms in total. The molecule has 2 fully saturated rings. The first kappa shape index (κ1) is 21.0. The molecule has 2 aliphatic rings. The van der Waals surface area contributed by atoms with Crippen molar-refractivity contribution in [2.45, 2.75) is 70.1 Å². The van der Waals surface area contributed by atoms with E-state index in [1.807, 2.05) is 6.07 Å². The predicted molar refractivity (Wildman–Crippen MR) is 115 cm³/mol. The number of rotatable bonds is 4. The summed E-state index contributed by atoms with van der Waals surface area (Å²) in [6.07, 6.45) is 13.2. The Morgan fingerprint density at radius 2 is 1.37 bits per heavy atom. The normalized spacial score (nSPS) is 22.0. The molecular weight excluding hydrogens is 381 g/mol. The van der Waals surface area contributed by atoms with Crippen LogP contribution < -0.4 is 0 Å². The molecule has 0 heterocycles. The minimum atomic E-state index is -0.948. The van der Waals surface area contributed by atoms with E-state index < -0.39 is 11.6 Å². The molecule has 0 radical (unpaired) electrons. The molecule has 0 saturated heterocycles. The maximum atomic E-state index is 14.6. The van der Waals surface area contributed by atoms with Crippen LogP contribution in [-0.4, -0.2) is 0 Å². The number of halogens is 3. The highest BCUT2D eigenvalue weighted by Crippen LogP contribution is 2.39. The van der Waals surface area contributed by atoms with Crippen LogP contribution in [0.15, 0.2) is 36.4 Å². The largest absolute Gasteiger partial charge is 0.206 e. The van der Waals surface area contributed by atoms with Gasteiger partial charge in [-0.15, -0.1) is 0 Å². The number of hydrogen-bond acceptors (Lipinski definition) is 0. The van der Waals surface area contributed by atoms with E-state index in [0.29, 0.717) is 11.5 Å². The highest BCUT2D eigenvalue weighted by molar-refractivity contribution is 5.44. The van der Waals surface area contributed by atoms with Crippen LogP contribution >= 0.6 is 0 Å². The summed E-state index contributed by atoms with van der Waals surface area (Å²) >= 11 is 0. The van der Waals surface area contributed by atoms with Crippen LogP contribution in [0.1, 0.15) is 86.8 Å². The Hall–Kier alpha value is -2.21. The van der Waals surface area contributed by atoms with Crippen LogP contribution in [0.5, 0.6) is 0 Å². The molecule has 0 amide bonds. The molecule has 158 valence electrons. The molecule has 2 saturated carbocycles. The van der Waals surface area contributed by atoms with E-state index in [2.05, 4.69) is 11.8 Å². The maximum absolute atomic E-state index is 14.6. The molecule has 0 atom stereocenters. The third-order valence-electron chi connectivity index (χ3n) is 7.03. The summed E-state index contributed by atoms with van der Waals surface area (Å²) in [4.78, 5) is 0. The molecule has 3 heteroatoms. The lowest BCUT2D eigenvalue weighted by atomic mass is 9.76. The molecular formula is C27H29F3. The van der Waals surface area contributed by atoms with E-state index in [0.717, 1.165) is 42.4 Å². The smallest absolute Gasteiger partial charge is 0.160 e. The summed E-state index contributed by atoms with van der Waals surface area (Å²) in [5.41, 5.74) is 1.67. The van der Waals surface area contributed by atoms with Gasteiger partial charge in [0.05, 0.1) is 5.56 Å². The third kappa shape index (κ3) is 5.28. The Morgan fingerprint density at radius 3 is 2.03 bits per heavy atom. The van der Waals surface area contributed by atoms with Crippen molar-refractivity contribution in [1.82, 2.24) is 0 Å². The highest BCUT2D eigenvalue weighted by Gasteiger charge is 2.24. The topological polar surface area (TPSA) is 0 Å². The van der Waals surface area contributed by atoms with Gasteiger partial charge in [-0.3, -0.25) is 0 Å². The first-order valence-corrected chi connectivity index (χ1v) is 11.3. The zero-order valence-corrected chi connectivity index (χ0v) is 17.4. The first-order valence-electron chi connectivity index (χ1n) is 11.3. The lowest BCUT2D eigenvalue weighted by Gasteiger charge is -2.29. The minimum absolute atomic E-state index is 0.286. The highest BCUT2D eigenvalue weighted by atomic mass is 19.2. The van der Waals surface area contributed by atoms with Crippen molar-refractivity contribution in [3.63, 3.8) is 0 Å². The van der Waals surface area contributed by atoms with Crippen molar-refractivity contribution in [2.75, 3.05) is 0 Å². The van der Waals surface area contributed by atoms with Gasteiger partial charge in [-0.2, -0.15) is 0 Å². The van der Waals surface area contributed by atoms with Gasteiger partial charge in [0.15, 0.2) is 11.6 Å². The monoisotopic (exact) mass is 410 g/mol. The average Bonchev–Trinajstić information content (AvgIpc) is 3.28. The molecule has 2 aromatic rings. The predicted octanol–water partition coefficient (Wildman–Crippen LogP) is 7.75. The van der Waals surface area contributed by atoms with E-state index in [4.69, 9.17) is 0 Å². The Labute approximate surface area is 177 Å². The van der Waals surface area contributed by atoms with Crippen LogP contribution in [0, 0.1) is 41.1 Å². The Morgan fingerprint density at radius 1 is 0.667 bits per heavy atom. The Bertz CT molecular complexity index is 923. The van der Waals surface area contributed by atoms with E-state index in [-0.39, 0.29) is 11.4 Å². The summed E-state index contributed by atoms with van der Waals surface area (Å²) < 4.78 is 40.9. The second-order valence-electron chi connectivity index (χ2n) is 9.06. The van der Waals surface area contributed by atoms with Gasteiger partial charge in [-0.1, -0.05) is 56.4 Å². The molecule has 0 unspecified atom stereocenters. The summed E-state index contributed by atoms with van der Waals surface area (Å²) in [6, 6.07) is 8.75. The quantitative estimate of drug-likeness (QED) is 0.452. The molecule has 0 bridgehead atoms. The van der Waals surface area contributed by atoms with Crippen molar-refractivity contribution in [2.24, 2.45) is 11.8 Å². The Kier molecular flexibility index (Phi) is 6.82. The second-order valence-corrected chi connectivity index (χ2v) is 9.06. The summed E-state index contributed by atoms with van der Waals surface area (Å²) in [5.74, 6) is 5.49. The van der Waals surface area contributed by atoms with Gasteiger partial charge in [0, 0.05) is 5.56 Å². The minimum Gasteiger partial charge on any atom is -0.206 e. The lowest BCUT2D eigenvalue weighted by molar-refractivity contribution is 0.287. The van der Waals surface area contributed by atoms with Crippen LogP contribution in [0.3, 0.4) is 0 Å². The average molecular weight is 411 g/mol. The lowest BCUT2D eigenvalue weighted by Crippen LogP contribution is -2.14. The van der Waals surface area contributed by atoms with E-state index in [1.165, 1.54) is 57.4 Å². The van der Waals surface area contributed by atoms with Gasteiger partial charge < -0.3 is 0 Å². The summed E-state index contributed by atoms with van der Waals surface area (Å²) in [6.45, 7) is 0. The molecule has 30 heavy (non-hydrogen) atoms. The fraction of sp³-hybridized carbons (Fsp3) is 0.481. The first-order chi connectivity index (χ1) is 14.6. The van der Waals surface area contributed by atoms with Gasteiger partial charge in [0.1, 0.15) is 5.82 Å². The fourth-order valence-corrected chi connectivity index (χ4v) is 5.15. The van der Waals surface area contributed by atoms with E-state index in [9.17, 15) is 13.2 Å². The van der Waals surface area contributed by atoms with Crippen molar-refractivity contribution >= 4 is 0 Å². The number of hydrogen-bond donors (Lipinski definition) is 0. The molecule has 2 aliphatic carbocycles. The molecule has 4 rings (SSSR count). The van der Waals surface area contributed by atoms with Gasteiger partial charge in [-0.25, -0.2) is 13.2 Å². The SMILES string of the molecule is Fc1ccc(C#Cc2ccc(C3CCC(CCC4CCCC4)CC3)cc2F)cc1F. The maximum Gasteiger partial charge on any atom is 0.160 e. The van der Waals surface area contributed by atoms with Gasteiger partial charge >= 0.3 is 0 Å². The molecule has 0 aromatic heterocycles. The van der Waals surface area contributed by atoms with Gasteiger partial charge in [0.25, 0.3) is 0 Å². The van der Waals surface area contributed by atoms with E-state index >= 15 is 0 Å². The van der Waals surface area contributed by atoms with Gasteiger partial charge in [0.2, 0.25) is 0 Å². The summed E-state index contributed by atoms with van der Waals surface area (Å²) in [7, 11) is 0. The summed E-state index contributed by atoms with van der Waals surface area (Å²) in [5, 5.41) is 0. The molecule has 0 spiro atoms. The van der Waals surface area contributed by atoms with Crippen LogP contribution in [-0.2, 0) is 0 Å². The zero-order valence-electron chi connectivity index (χ0n) is 17.4. The zero-order chi connectivity index (χ0) is 20.9. The van der Waals surface area contributed by atoms with Crippen LogP contribution in [0.2, 0.25) is 0 Å². The number of benzene rings is 2. The van der Waals surface area contributed by atoms with Gasteiger partial charge in [-0.05, 0) is 79.3 Å². The van der Waals surface area contributed by atoms with Crippen molar-refractivity contribution < 1.29 is 13.2 Å². The Balaban J connectivity index is 1.33. The van der Waals surface area contributed by atoms with Crippen LogP contribution in [0.25, 0.3) is 0 Å². The molecule has 0 aliphatic heterocycles. The van der Waals surface area contributed by atoms with Crippen LogP contribution in [0.4, 0.5) is 13.2 Å². The third-order valence-corrected chi connectivity index (χ3v) is 7.03. The van der Waals surface area contributed by atoms with E-state index in [1.54, 1.807) is 12.1 Å². The fourth-order valence-electron chi connectivity index (χ4n) is 5.15. The van der Waals surface area contributed by atoms with Crippen molar-refractivity contribution in [3.8, 4) is 11.8 Å². The van der Waals surface area contributed by atoms with Crippen molar-refractivity contribution in [1.29, 1.82) is 0 Å².